The summed E-state index contributed by atoms with van der Waals surface area (Å²) in [5, 5.41) is 12.3. The molecule has 0 aliphatic carbocycles. The molecule has 2 aliphatic rings. The molecule has 0 amide bonds. The molecule has 3 heterocycles. The summed E-state index contributed by atoms with van der Waals surface area (Å²) in [5.41, 5.74) is 0. The highest BCUT2D eigenvalue weighted by molar-refractivity contribution is 5.03. The van der Waals surface area contributed by atoms with Crippen molar-refractivity contribution < 1.29 is 4.74 Å². The van der Waals surface area contributed by atoms with Crippen LogP contribution in [0.5, 0.6) is 0 Å². The van der Waals surface area contributed by atoms with E-state index in [1.54, 1.807) is 0 Å². The van der Waals surface area contributed by atoms with Crippen LogP contribution < -0.4 is 5.32 Å². The first-order valence-electron chi connectivity index (χ1n) is 8.48. The zero-order valence-electron chi connectivity index (χ0n) is 13.3. The molecule has 5 nitrogen and oxygen atoms in total. The number of hydrogen-bond donors (Lipinski definition) is 1. The lowest BCUT2D eigenvalue weighted by Crippen LogP contribution is -2.37. The zero-order chi connectivity index (χ0) is 14.7. The molecule has 2 atom stereocenters. The summed E-state index contributed by atoms with van der Waals surface area (Å²) in [4.78, 5) is 0. The van der Waals surface area contributed by atoms with Gasteiger partial charge in [-0.3, -0.25) is 0 Å². The van der Waals surface area contributed by atoms with Gasteiger partial charge in [-0.2, -0.15) is 0 Å². The second-order valence-electron chi connectivity index (χ2n) is 6.79. The highest BCUT2D eigenvalue weighted by atomic mass is 16.5. The van der Waals surface area contributed by atoms with Crippen molar-refractivity contribution in [1.82, 2.24) is 20.1 Å². The van der Waals surface area contributed by atoms with Crippen molar-refractivity contribution in [3.05, 3.63) is 11.6 Å². The Bertz CT molecular complexity index is 451. The Labute approximate surface area is 127 Å². The molecular weight excluding hydrogens is 264 g/mol. The van der Waals surface area contributed by atoms with Crippen molar-refractivity contribution in [2.24, 2.45) is 5.92 Å². The van der Waals surface area contributed by atoms with E-state index in [2.05, 4.69) is 33.9 Å². The number of aryl methyl sites for hydroxylation is 1. The number of hydrogen-bond acceptors (Lipinski definition) is 4. The van der Waals surface area contributed by atoms with Crippen LogP contribution in [0.4, 0.5) is 0 Å². The van der Waals surface area contributed by atoms with E-state index in [1.807, 2.05) is 0 Å². The number of aromatic nitrogens is 3. The minimum absolute atomic E-state index is 0.430. The van der Waals surface area contributed by atoms with Crippen LogP contribution in [0.25, 0.3) is 0 Å². The van der Waals surface area contributed by atoms with Crippen LogP contribution in [0.1, 0.15) is 57.1 Å². The van der Waals surface area contributed by atoms with Crippen LogP contribution in [0.15, 0.2) is 0 Å². The molecule has 5 heteroatoms. The van der Waals surface area contributed by atoms with Gasteiger partial charge in [-0.05, 0) is 38.1 Å². The summed E-state index contributed by atoms with van der Waals surface area (Å²) < 4.78 is 8.12. The first-order chi connectivity index (χ1) is 10.2. The molecule has 0 aromatic carbocycles. The average molecular weight is 292 g/mol. The Kier molecular flexibility index (Phi) is 4.91. The Hall–Kier alpha value is -0.940. The Balaban J connectivity index is 1.48. The minimum Gasteiger partial charge on any atom is -0.377 e. The van der Waals surface area contributed by atoms with Gasteiger partial charge in [0.05, 0.1) is 6.10 Å². The number of nitrogens with zero attached hydrogens (tertiary/aromatic N) is 3. The van der Waals surface area contributed by atoms with E-state index < -0.39 is 0 Å². The van der Waals surface area contributed by atoms with E-state index in [0.717, 1.165) is 38.5 Å². The fraction of sp³-hybridized carbons (Fsp3) is 0.875. The number of fused-ring (bicyclic) bond motifs is 1. The van der Waals surface area contributed by atoms with Crippen molar-refractivity contribution in [3.63, 3.8) is 0 Å². The van der Waals surface area contributed by atoms with Crippen molar-refractivity contribution in [3.8, 4) is 0 Å². The molecule has 0 radical (unpaired) electrons. The summed E-state index contributed by atoms with van der Waals surface area (Å²) in [6.07, 6.45) is 6.47. The first kappa shape index (κ1) is 15.0. The van der Waals surface area contributed by atoms with Crippen molar-refractivity contribution in [2.45, 2.75) is 64.5 Å². The molecule has 21 heavy (non-hydrogen) atoms. The number of ether oxygens (including phenoxy) is 1. The Morgan fingerprint density at radius 2 is 2.14 bits per heavy atom. The molecule has 0 saturated carbocycles. The molecule has 1 fully saturated rings. The summed E-state index contributed by atoms with van der Waals surface area (Å²) in [6.45, 7) is 8.47. The average Bonchev–Trinajstić information content (AvgIpc) is 2.92. The van der Waals surface area contributed by atoms with E-state index in [1.165, 1.54) is 31.5 Å². The van der Waals surface area contributed by atoms with E-state index in [4.69, 9.17) is 4.74 Å². The van der Waals surface area contributed by atoms with Gasteiger partial charge in [0.25, 0.3) is 0 Å². The fourth-order valence-corrected chi connectivity index (χ4v) is 3.43. The summed E-state index contributed by atoms with van der Waals surface area (Å²) in [5.74, 6) is 3.46. The molecule has 3 rings (SSSR count). The topological polar surface area (TPSA) is 52.0 Å². The van der Waals surface area contributed by atoms with E-state index in [-0.39, 0.29) is 0 Å². The molecular formula is C16H28N4O. The van der Waals surface area contributed by atoms with Gasteiger partial charge in [-0.1, -0.05) is 13.8 Å². The maximum atomic E-state index is 5.77. The smallest absolute Gasteiger partial charge is 0.135 e. The zero-order valence-corrected chi connectivity index (χ0v) is 13.3. The highest BCUT2D eigenvalue weighted by Gasteiger charge is 2.24. The van der Waals surface area contributed by atoms with E-state index >= 15 is 0 Å². The second-order valence-corrected chi connectivity index (χ2v) is 6.79. The third kappa shape index (κ3) is 3.64. The molecule has 0 bridgehead atoms. The lowest BCUT2D eigenvalue weighted by atomic mass is 9.98. The van der Waals surface area contributed by atoms with Gasteiger partial charge in [-0.15, -0.1) is 10.2 Å². The quantitative estimate of drug-likeness (QED) is 0.903. The minimum atomic E-state index is 0.430. The molecule has 1 N–H and O–H groups in total. The molecule has 1 aromatic heterocycles. The van der Waals surface area contributed by atoms with Crippen LogP contribution in [0.3, 0.4) is 0 Å². The Morgan fingerprint density at radius 1 is 1.24 bits per heavy atom. The van der Waals surface area contributed by atoms with Crippen LogP contribution in [0, 0.1) is 5.92 Å². The van der Waals surface area contributed by atoms with Gasteiger partial charge < -0.3 is 14.6 Å². The number of rotatable bonds is 5. The number of nitrogens with one attached hydrogen (secondary N) is 1. The first-order valence-corrected chi connectivity index (χ1v) is 8.48. The third-order valence-electron chi connectivity index (χ3n) is 4.67. The third-order valence-corrected chi connectivity index (χ3v) is 4.67. The van der Waals surface area contributed by atoms with Crippen LogP contribution in [0.2, 0.25) is 0 Å². The summed E-state index contributed by atoms with van der Waals surface area (Å²) in [7, 11) is 0. The largest absolute Gasteiger partial charge is 0.377 e. The summed E-state index contributed by atoms with van der Waals surface area (Å²) in [6, 6.07) is 0. The van der Waals surface area contributed by atoms with Crippen LogP contribution in [-0.2, 0) is 17.7 Å². The van der Waals surface area contributed by atoms with Crippen molar-refractivity contribution >= 4 is 0 Å². The fourth-order valence-electron chi connectivity index (χ4n) is 3.43. The molecule has 118 valence electrons. The lowest BCUT2D eigenvalue weighted by molar-refractivity contribution is 0.0163. The normalized spacial score (nSPS) is 26.0. The molecule has 1 saturated heterocycles. The maximum absolute atomic E-state index is 5.77. The molecule has 1 aromatic rings. The molecule has 0 spiro atoms. The highest BCUT2D eigenvalue weighted by Crippen LogP contribution is 2.23. The molecule has 0 unspecified atom stereocenters. The van der Waals surface area contributed by atoms with Crippen LogP contribution in [-0.4, -0.2) is 40.6 Å². The molecule has 2 aliphatic heterocycles. The predicted molar refractivity (Wildman–Crippen MR) is 82.4 cm³/mol. The lowest BCUT2D eigenvalue weighted by Gasteiger charge is -2.27. The van der Waals surface area contributed by atoms with Gasteiger partial charge in [-0.25, -0.2) is 0 Å². The van der Waals surface area contributed by atoms with Crippen LogP contribution >= 0.6 is 0 Å². The SMILES string of the molecule is CC(C)c1nnc2n1C[C@H](CNC[C@H]1CCCCO1)CC2. The van der Waals surface area contributed by atoms with Crippen molar-refractivity contribution in [1.29, 1.82) is 0 Å². The van der Waals surface area contributed by atoms with Crippen molar-refractivity contribution in [2.75, 3.05) is 19.7 Å². The van der Waals surface area contributed by atoms with E-state index in [9.17, 15) is 0 Å². The van der Waals surface area contributed by atoms with E-state index in [0.29, 0.717) is 17.9 Å². The van der Waals surface area contributed by atoms with Gasteiger partial charge >= 0.3 is 0 Å². The summed E-state index contributed by atoms with van der Waals surface area (Å²) >= 11 is 0. The Morgan fingerprint density at radius 3 is 2.90 bits per heavy atom. The van der Waals surface area contributed by atoms with Gasteiger partial charge in [0.15, 0.2) is 0 Å². The maximum Gasteiger partial charge on any atom is 0.135 e. The van der Waals surface area contributed by atoms with Gasteiger partial charge in [0.2, 0.25) is 0 Å². The predicted octanol–water partition coefficient (Wildman–Crippen LogP) is 2.12. The standard InChI is InChI=1S/C16H28N4O/c1-12(2)16-19-18-15-7-6-13(11-20(15)16)9-17-10-14-5-3-4-8-21-14/h12-14,17H,3-11H2,1-2H3/t13-,14+/m0/s1. The van der Waals surface area contributed by atoms with Gasteiger partial charge in [0.1, 0.15) is 11.6 Å². The van der Waals surface area contributed by atoms with Gasteiger partial charge in [0, 0.05) is 32.0 Å². The second kappa shape index (κ2) is 6.88. The monoisotopic (exact) mass is 292 g/mol.